The lowest BCUT2D eigenvalue weighted by Crippen LogP contribution is -2.31. The minimum absolute atomic E-state index is 0.000766. The first-order valence-corrected chi connectivity index (χ1v) is 8.46. The third kappa shape index (κ3) is 3.07. The highest BCUT2D eigenvalue weighted by Gasteiger charge is 2.35. The summed E-state index contributed by atoms with van der Waals surface area (Å²) in [4.78, 5) is 25.2. The number of benzene rings is 1. The predicted octanol–water partition coefficient (Wildman–Crippen LogP) is 1.05. The summed E-state index contributed by atoms with van der Waals surface area (Å²) in [7, 11) is -1.58. The number of Topliss-reactive ketones (excluding diaryl/α,β-unsaturated/α-hetero) is 1. The van der Waals surface area contributed by atoms with E-state index in [-0.39, 0.29) is 18.1 Å². The lowest BCUT2D eigenvalue weighted by Gasteiger charge is -2.16. The monoisotopic (exact) mass is 311 g/mol. The number of carbonyl (C=O) groups is 2. The molecular weight excluding hydrogens is 294 g/mol. The average Bonchev–Trinajstić information content (AvgIpc) is 2.71. The van der Waals surface area contributed by atoms with Crippen LogP contribution in [0.1, 0.15) is 23.7 Å². The van der Waals surface area contributed by atoms with Crippen LogP contribution in [0.4, 0.5) is 5.69 Å². The number of amides is 1. The van der Waals surface area contributed by atoms with Crippen molar-refractivity contribution in [3.63, 3.8) is 0 Å². The maximum absolute atomic E-state index is 12.0. The van der Waals surface area contributed by atoms with Crippen molar-refractivity contribution in [1.29, 1.82) is 0 Å². The summed E-state index contributed by atoms with van der Waals surface area (Å²) in [5.41, 5.74) is 0.817. The van der Waals surface area contributed by atoms with E-state index < -0.39 is 21.5 Å². The zero-order chi connectivity index (χ0) is 15.6. The SMILES string of the molecule is CCS(=O)(=O)CCCN1C(=O)C(=O)c2ccc(OC)cc21. The molecule has 0 N–H and O–H groups in total. The van der Waals surface area contributed by atoms with E-state index in [9.17, 15) is 18.0 Å². The van der Waals surface area contributed by atoms with Crippen molar-refractivity contribution in [3.8, 4) is 5.75 Å². The number of ether oxygens (including phenoxy) is 1. The first kappa shape index (κ1) is 15.5. The van der Waals surface area contributed by atoms with Gasteiger partial charge in [0.2, 0.25) is 0 Å². The second kappa shape index (κ2) is 5.85. The van der Waals surface area contributed by atoms with Crippen LogP contribution in [0.2, 0.25) is 0 Å². The molecule has 0 saturated heterocycles. The molecular formula is C14H17NO5S. The number of nitrogens with zero attached hydrogens (tertiary/aromatic N) is 1. The molecule has 1 heterocycles. The van der Waals surface area contributed by atoms with Crippen LogP contribution in [0.15, 0.2) is 18.2 Å². The summed E-state index contributed by atoms with van der Waals surface area (Å²) in [5.74, 6) is -0.564. The van der Waals surface area contributed by atoms with E-state index in [4.69, 9.17) is 4.74 Å². The summed E-state index contributed by atoms with van der Waals surface area (Å²) in [6.45, 7) is 1.78. The van der Waals surface area contributed by atoms with E-state index in [0.29, 0.717) is 23.4 Å². The van der Waals surface area contributed by atoms with Crippen molar-refractivity contribution in [2.75, 3.05) is 30.1 Å². The van der Waals surface area contributed by atoms with Crippen LogP contribution < -0.4 is 9.64 Å². The fraction of sp³-hybridized carbons (Fsp3) is 0.429. The summed E-state index contributed by atoms with van der Waals surface area (Å²) < 4.78 is 28.0. The number of rotatable bonds is 6. The van der Waals surface area contributed by atoms with Gasteiger partial charge in [-0.15, -0.1) is 0 Å². The van der Waals surface area contributed by atoms with Gasteiger partial charge in [0.05, 0.1) is 24.1 Å². The molecule has 2 rings (SSSR count). The number of sulfone groups is 1. The molecule has 0 unspecified atom stereocenters. The van der Waals surface area contributed by atoms with E-state index in [0.717, 1.165) is 0 Å². The van der Waals surface area contributed by atoms with Gasteiger partial charge in [0.25, 0.3) is 11.7 Å². The maximum atomic E-state index is 12.0. The molecule has 0 aromatic heterocycles. The van der Waals surface area contributed by atoms with Crippen molar-refractivity contribution in [2.45, 2.75) is 13.3 Å². The van der Waals surface area contributed by atoms with Crippen molar-refractivity contribution in [2.24, 2.45) is 0 Å². The molecule has 7 heteroatoms. The molecule has 0 radical (unpaired) electrons. The van der Waals surface area contributed by atoms with E-state index >= 15 is 0 Å². The molecule has 1 aromatic rings. The fourth-order valence-electron chi connectivity index (χ4n) is 2.21. The Hall–Kier alpha value is -1.89. The summed E-state index contributed by atoms with van der Waals surface area (Å²) in [6, 6.07) is 4.79. The molecule has 6 nitrogen and oxygen atoms in total. The average molecular weight is 311 g/mol. The predicted molar refractivity (Wildman–Crippen MR) is 78.6 cm³/mol. The number of fused-ring (bicyclic) bond motifs is 1. The highest BCUT2D eigenvalue weighted by atomic mass is 32.2. The minimum atomic E-state index is -3.08. The molecule has 0 fully saturated rings. The van der Waals surface area contributed by atoms with E-state index in [2.05, 4.69) is 0 Å². The second-order valence-electron chi connectivity index (χ2n) is 4.76. The Morgan fingerprint density at radius 3 is 2.57 bits per heavy atom. The smallest absolute Gasteiger partial charge is 0.299 e. The number of methoxy groups -OCH3 is 1. The second-order valence-corrected chi connectivity index (χ2v) is 7.23. The van der Waals surface area contributed by atoms with Gasteiger partial charge >= 0.3 is 0 Å². The molecule has 1 aliphatic heterocycles. The van der Waals surface area contributed by atoms with Crippen LogP contribution in [-0.2, 0) is 14.6 Å². The largest absolute Gasteiger partial charge is 0.497 e. The third-order valence-electron chi connectivity index (χ3n) is 3.46. The molecule has 1 aromatic carbocycles. The summed E-state index contributed by atoms with van der Waals surface area (Å²) in [6.07, 6.45) is 0.297. The minimum Gasteiger partial charge on any atom is -0.497 e. The number of hydrogen-bond acceptors (Lipinski definition) is 5. The lowest BCUT2D eigenvalue weighted by atomic mass is 10.1. The highest BCUT2D eigenvalue weighted by molar-refractivity contribution is 7.91. The number of hydrogen-bond donors (Lipinski definition) is 0. The van der Waals surface area contributed by atoms with Crippen LogP contribution >= 0.6 is 0 Å². The Bertz CT molecular complexity index is 681. The van der Waals surface area contributed by atoms with Crippen molar-refractivity contribution in [3.05, 3.63) is 23.8 Å². The van der Waals surface area contributed by atoms with Gasteiger partial charge in [-0.2, -0.15) is 0 Å². The Morgan fingerprint density at radius 1 is 1.24 bits per heavy atom. The highest BCUT2D eigenvalue weighted by Crippen LogP contribution is 2.32. The van der Waals surface area contributed by atoms with Gasteiger partial charge in [0.1, 0.15) is 15.6 Å². The lowest BCUT2D eigenvalue weighted by molar-refractivity contribution is -0.114. The third-order valence-corrected chi connectivity index (χ3v) is 5.25. The Kier molecular flexibility index (Phi) is 4.32. The number of anilines is 1. The molecule has 1 amide bonds. The molecule has 1 aliphatic rings. The van der Waals surface area contributed by atoms with Gasteiger partial charge in [0.15, 0.2) is 0 Å². The van der Waals surface area contributed by atoms with Gasteiger partial charge in [-0.05, 0) is 18.6 Å². The Morgan fingerprint density at radius 2 is 1.95 bits per heavy atom. The fourth-order valence-corrected chi connectivity index (χ4v) is 3.07. The summed E-state index contributed by atoms with van der Waals surface area (Å²) >= 11 is 0. The van der Waals surface area contributed by atoms with Crippen LogP contribution in [0.5, 0.6) is 5.75 Å². The zero-order valence-corrected chi connectivity index (χ0v) is 12.8. The van der Waals surface area contributed by atoms with Gasteiger partial charge in [-0.3, -0.25) is 9.59 Å². The molecule has 0 saturated carbocycles. The van der Waals surface area contributed by atoms with Crippen LogP contribution in [0.3, 0.4) is 0 Å². The first-order valence-electron chi connectivity index (χ1n) is 6.64. The number of carbonyl (C=O) groups excluding carboxylic acids is 2. The number of ketones is 1. The van der Waals surface area contributed by atoms with Gasteiger partial charge in [-0.25, -0.2) is 8.42 Å². The van der Waals surface area contributed by atoms with Crippen molar-refractivity contribution in [1.82, 2.24) is 0 Å². The van der Waals surface area contributed by atoms with E-state index in [1.165, 1.54) is 12.0 Å². The first-order chi connectivity index (χ1) is 9.89. The maximum Gasteiger partial charge on any atom is 0.299 e. The topological polar surface area (TPSA) is 80.8 Å². The Balaban J connectivity index is 2.18. The molecule has 21 heavy (non-hydrogen) atoms. The molecule has 0 spiro atoms. The standard InChI is InChI=1S/C14H17NO5S/c1-3-21(18,19)8-4-7-15-12-9-10(20-2)5-6-11(12)13(16)14(15)17/h5-6,9H,3-4,7-8H2,1-2H3. The van der Waals surface area contributed by atoms with Gasteiger partial charge in [0, 0.05) is 18.4 Å². The van der Waals surface area contributed by atoms with E-state index in [1.54, 1.807) is 25.1 Å². The molecule has 0 aliphatic carbocycles. The molecule has 0 bridgehead atoms. The normalized spacial score (nSPS) is 14.5. The van der Waals surface area contributed by atoms with E-state index in [1.807, 2.05) is 0 Å². The molecule has 0 atom stereocenters. The zero-order valence-electron chi connectivity index (χ0n) is 12.0. The van der Waals surface area contributed by atoms with Crippen molar-refractivity contribution < 1.29 is 22.7 Å². The van der Waals surface area contributed by atoms with Crippen LogP contribution in [0.25, 0.3) is 0 Å². The van der Waals surface area contributed by atoms with Gasteiger partial charge in [-0.1, -0.05) is 6.92 Å². The molecule has 114 valence electrons. The van der Waals surface area contributed by atoms with Crippen molar-refractivity contribution >= 4 is 27.2 Å². The Labute approximate surface area is 123 Å². The van der Waals surface area contributed by atoms with Crippen LogP contribution in [0, 0.1) is 0 Å². The quantitative estimate of drug-likeness (QED) is 0.734. The summed E-state index contributed by atoms with van der Waals surface area (Å²) in [5, 5.41) is 0. The van der Waals surface area contributed by atoms with Crippen LogP contribution in [-0.4, -0.2) is 45.3 Å². The van der Waals surface area contributed by atoms with Gasteiger partial charge < -0.3 is 9.64 Å².